The maximum Gasteiger partial charge on any atom is 0.230 e. The number of rotatable bonds is 8. The fraction of sp³-hybridized carbons (Fsp3) is 0.348. The first-order chi connectivity index (χ1) is 14.0. The molecule has 5 nitrogen and oxygen atoms in total. The van der Waals surface area contributed by atoms with Crippen LogP contribution in [-0.4, -0.2) is 32.5 Å². The van der Waals surface area contributed by atoms with E-state index in [1.807, 2.05) is 25.1 Å². The van der Waals surface area contributed by atoms with Crippen LogP contribution in [0.25, 0.3) is 5.69 Å². The van der Waals surface area contributed by atoms with Crippen LogP contribution in [0.15, 0.2) is 53.7 Å². The number of aromatic nitrogens is 3. The van der Waals surface area contributed by atoms with Crippen LogP contribution < -0.4 is 5.32 Å². The lowest BCUT2D eigenvalue weighted by Gasteiger charge is -2.14. The highest BCUT2D eigenvalue weighted by atomic mass is 32.2. The molecule has 2 aromatic carbocycles. The Hall–Kier alpha value is -2.60. The van der Waals surface area contributed by atoms with Crippen molar-refractivity contribution in [3.63, 3.8) is 0 Å². The summed E-state index contributed by atoms with van der Waals surface area (Å²) in [5.41, 5.74) is 4.60. The molecule has 3 aromatic rings. The number of nitrogens with zero attached hydrogens (tertiary/aromatic N) is 3. The number of thioether (sulfide) groups is 1. The van der Waals surface area contributed by atoms with Gasteiger partial charge in [-0.25, -0.2) is 0 Å². The van der Waals surface area contributed by atoms with E-state index in [0.717, 1.165) is 28.7 Å². The lowest BCUT2D eigenvalue weighted by Crippen LogP contribution is -2.33. The number of amides is 1. The first kappa shape index (κ1) is 21.1. The van der Waals surface area contributed by atoms with Crippen molar-refractivity contribution < 1.29 is 4.79 Å². The average Bonchev–Trinajstić information content (AvgIpc) is 3.09. The lowest BCUT2D eigenvalue weighted by atomic mass is 10.1. The topological polar surface area (TPSA) is 59.8 Å². The highest BCUT2D eigenvalue weighted by Gasteiger charge is 2.18. The summed E-state index contributed by atoms with van der Waals surface area (Å²) in [7, 11) is 0. The van der Waals surface area contributed by atoms with E-state index < -0.39 is 0 Å². The second-order valence-electron chi connectivity index (χ2n) is 7.35. The molecule has 29 heavy (non-hydrogen) atoms. The van der Waals surface area contributed by atoms with Gasteiger partial charge in [-0.1, -0.05) is 66.7 Å². The molecule has 1 unspecified atom stereocenters. The van der Waals surface area contributed by atoms with Crippen LogP contribution in [0.3, 0.4) is 0 Å². The van der Waals surface area contributed by atoms with Crippen molar-refractivity contribution in [1.82, 2.24) is 20.1 Å². The lowest BCUT2D eigenvalue weighted by molar-refractivity contribution is -0.119. The minimum Gasteiger partial charge on any atom is -0.353 e. The summed E-state index contributed by atoms with van der Waals surface area (Å²) in [6.45, 7) is 8.25. The van der Waals surface area contributed by atoms with Gasteiger partial charge < -0.3 is 5.32 Å². The van der Waals surface area contributed by atoms with Crippen molar-refractivity contribution in [2.75, 3.05) is 5.75 Å². The van der Waals surface area contributed by atoms with Gasteiger partial charge in [0.1, 0.15) is 5.82 Å². The second kappa shape index (κ2) is 9.74. The van der Waals surface area contributed by atoms with Crippen molar-refractivity contribution >= 4 is 17.7 Å². The summed E-state index contributed by atoms with van der Waals surface area (Å²) >= 11 is 1.42. The van der Waals surface area contributed by atoms with Crippen LogP contribution >= 0.6 is 11.8 Å². The number of benzene rings is 2. The Balaban J connectivity index is 1.90. The Labute approximate surface area is 176 Å². The van der Waals surface area contributed by atoms with Gasteiger partial charge in [-0.15, -0.1) is 10.2 Å². The monoisotopic (exact) mass is 408 g/mol. The van der Waals surface area contributed by atoms with Crippen LogP contribution in [0.2, 0.25) is 0 Å². The van der Waals surface area contributed by atoms with Crippen LogP contribution in [-0.2, 0) is 11.2 Å². The van der Waals surface area contributed by atoms with Gasteiger partial charge in [0.2, 0.25) is 5.91 Å². The van der Waals surface area contributed by atoms with E-state index in [1.165, 1.54) is 22.9 Å². The summed E-state index contributed by atoms with van der Waals surface area (Å²) in [4.78, 5) is 12.3. The summed E-state index contributed by atoms with van der Waals surface area (Å²) in [5.74, 6) is 1.20. The molecule has 0 spiro atoms. The second-order valence-corrected chi connectivity index (χ2v) is 8.29. The van der Waals surface area contributed by atoms with Gasteiger partial charge in [0.05, 0.1) is 11.4 Å². The van der Waals surface area contributed by atoms with Gasteiger partial charge in [0, 0.05) is 12.5 Å². The SMILES string of the molecule is CCC(C)NC(=O)CSc1nnc(Cc2ccccc2)n1-c1ccc(C)cc1C. The molecule has 0 saturated carbocycles. The van der Waals surface area contributed by atoms with Crippen molar-refractivity contribution in [3.05, 3.63) is 71.0 Å². The molecule has 152 valence electrons. The molecule has 1 atom stereocenters. The van der Waals surface area contributed by atoms with Crippen molar-refractivity contribution in [2.24, 2.45) is 0 Å². The Morgan fingerprint density at radius 3 is 2.59 bits per heavy atom. The summed E-state index contributed by atoms with van der Waals surface area (Å²) in [5, 5.41) is 12.6. The maximum absolute atomic E-state index is 12.3. The van der Waals surface area contributed by atoms with Crippen LogP contribution in [0.4, 0.5) is 0 Å². The number of nitrogens with one attached hydrogen (secondary N) is 1. The average molecular weight is 409 g/mol. The normalized spacial score (nSPS) is 12.0. The molecule has 0 aliphatic heterocycles. The number of hydrogen-bond acceptors (Lipinski definition) is 4. The predicted octanol–water partition coefficient (Wildman–Crippen LogP) is 4.48. The smallest absolute Gasteiger partial charge is 0.230 e. The quantitative estimate of drug-likeness (QED) is 0.558. The molecule has 0 fully saturated rings. The fourth-order valence-corrected chi connectivity index (χ4v) is 3.91. The minimum atomic E-state index is 0.0177. The van der Waals surface area contributed by atoms with E-state index in [0.29, 0.717) is 12.2 Å². The molecule has 1 N–H and O–H groups in total. The zero-order valence-corrected chi connectivity index (χ0v) is 18.3. The maximum atomic E-state index is 12.3. The zero-order valence-electron chi connectivity index (χ0n) is 17.5. The van der Waals surface area contributed by atoms with Gasteiger partial charge in [0.15, 0.2) is 5.16 Å². The first-order valence-corrected chi connectivity index (χ1v) is 10.9. The van der Waals surface area contributed by atoms with Gasteiger partial charge in [-0.2, -0.15) is 0 Å². The van der Waals surface area contributed by atoms with Gasteiger partial charge in [0.25, 0.3) is 0 Å². The summed E-state index contributed by atoms with van der Waals surface area (Å²) in [6, 6.07) is 16.8. The van der Waals surface area contributed by atoms with Gasteiger partial charge in [-0.3, -0.25) is 9.36 Å². The molecule has 6 heteroatoms. The van der Waals surface area contributed by atoms with E-state index >= 15 is 0 Å². The van der Waals surface area contributed by atoms with Gasteiger partial charge >= 0.3 is 0 Å². The van der Waals surface area contributed by atoms with E-state index in [1.54, 1.807) is 0 Å². The van der Waals surface area contributed by atoms with Crippen molar-refractivity contribution in [1.29, 1.82) is 0 Å². The molecule has 0 aliphatic rings. The molecule has 3 rings (SSSR count). The number of hydrogen-bond donors (Lipinski definition) is 1. The Morgan fingerprint density at radius 2 is 1.90 bits per heavy atom. The fourth-order valence-electron chi connectivity index (χ4n) is 3.13. The highest BCUT2D eigenvalue weighted by molar-refractivity contribution is 7.99. The summed E-state index contributed by atoms with van der Waals surface area (Å²) < 4.78 is 2.09. The third kappa shape index (κ3) is 5.48. The van der Waals surface area contributed by atoms with Crippen molar-refractivity contribution in [3.8, 4) is 5.69 Å². The van der Waals surface area contributed by atoms with Crippen LogP contribution in [0, 0.1) is 13.8 Å². The van der Waals surface area contributed by atoms with E-state index in [-0.39, 0.29) is 11.9 Å². The zero-order chi connectivity index (χ0) is 20.8. The third-order valence-electron chi connectivity index (χ3n) is 4.85. The molecule has 1 heterocycles. The molecule has 0 aliphatic carbocycles. The standard InChI is InChI=1S/C23H28N4OS/c1-5-18(4)24-22(28)15-29-23-26-25-21(14-19-9-7-6-8-10-19)27(23)20-12-11-16(2)13-17(20)3/h6-13,18H,5,14-15H2,1-4H3,(H,24,28). The Bertz CT molecular complexity index is 968. The highest BCUT2D eigenvalue weighted by Crippen LogP contribution is 2.26. The summed E-state index contributed by atoms with van der Waals surface area (Å²) in [6.07, 6.45) is 1.59. The molecule has 0 radical (unpaired) electrons. The molecule has 1 amide bonds. The van der Waals surface area contributed by atoms with Crippen LogP contribution in [0.5, 0.6) is 0 Å². The molecule has 0 saturated heterocycles. The molecule has 0 bridgehead atoms. The number of aryl methyl sites for hydroxylation is 2. The number of carbonyl (C=O) groups excluding carboxylic acids is 1. The van der Waals surface area contributed by atoms with E-state index in [9.17, 15) is 4.79 Å². The van der Waals surface area contributed by atoms with Crippen LogP contribution in [0.1, 0.15) is 42.8 Å². The molecule has 1 aromatic heterocycles. The Kier molecular flexibility index (Phi) is 7.09. The van der Waals surface area contributed by atoms with E-state index in [4.69, 9.17) is 0 Å². The molecular weight excluding hydrogens is 380 g/mol. The minimum absolute atomic E-state index is 0.0177. The third-order valence-corrected chi connectivity index (χ3v) is 5.78. The Morgan fingerprint density at radius 1 is 1.14 bits per heavy atom. The van der Waals surface area contributed by atoms with Crippen molar-refractivity contribution in [2.45, 2.75) is 51.7 Å². The number of carbonyl (C=O) groups is 1. The van der Waals surface area contributed by atoms with Gasteiger partial charge in [-0.05, 0) is 44.4 Å². The predicted molar refractivity (Wildman–Crippen MR) is 119 cm³/mol. The first-order valence-electron chi connectivity index (χ1n) is 9.96. The molecular formula is C23H28N4OS. The largest absolute Gasteiger partial charge is 0.353 e. The van der Waals surface area contributed by atoms with E-state index in [2.05, 4.69) is 71.2 Å².